The number of nitriles is 1. The van der Waals surface area contributed by atoms with Crippen LogP contribution in [0.5, 0.6) is 0 Å². The number of hydrogen-bond acceptors (Lipinski definition) is 5. The van der Waals surface area contributed by atoms with E-state index < -0.39 is 9.84 Å². The second kappa shape index (κ2) is 5.80. The molecule has 6 heteroatoms. The van der Waals surface area contributed by atoms with E-state index in [-0.39, 0.29) is 10.6 Å². The molecule has 1 aromatic heterocycles. The van der Waals surface area contributed by atoms with Crippen molar-refractivity contribution in [3.8, 4) is 6.07 Å². The lowest BCUT2D eigenvalue weighted by Crippen LogP contribution is -2.40. The van der Waals surface area contributed by atoms with Crippen molar-refractivity contribution in [2.24, 2.45) is 0 Å². The largest absolute Gasteiger partial charge is 0.353 e. The highest BCUT2D eigenvalue weighted by atomic mass is 32.2. The van der Waals surface area contributed by atoms with Crippen molar-refractivity contribution in [3.05, 3.63) is 17.8 Å². The van der Waals surface area contributed by atoms with Gasteiger partial charge in [-0.2, -0.15) is 5.26 Å². The van der Waals surface area contributed by atoms with E-state index in [1.54, 1.807) is 0 Å². The predicted molar refractivity (Wildman–Crippen MR) is 77.3 cm³/mol. The third kappa shape index (κ3) is 2.93. The van der Waals surface area contributed by atoms with Crippen molar-refractivity contribution in [1.29, 1.82) is 5.26 Å². The lowest BCUT2D eigenvalue weighted by molar-refractivity contribution is 0.444. The van der Waals surface area contributed by atoms with Crippen LogP contribution in [0.15, 0.2) is 17.0 Å². The molecule has 0 saturated carbocycles. The van der Waals surface area contributed by atoms with E-state index in [2.05, 4.69) is 16.8 Å². The van der Waals surface area contributed by atoms with Gasteiger partial charge in [0.2, 0.25) is 0 Å². The van der Waals surface area contributed by atoms with Crippen molar-refractivity contribution < 1.29 is 8.42 Å². The predicted octanol–water partition coefficient (Wildman–Crippen LogP) is 2.13. The Morgan fingerprint density at radius 3 is 2.80 bits per heavy atom. The summed E-state index contributed by atoms with van der Waals surface area (Å²) < 4.78 is 23.9. The molecule has 20 heavy (non-hydrogen) atoms. The van der Waals surface area contributed by atoms with Gasteiger partial charge in [-0.1, -0.05) is 6.92 Å². The van der Waals surface area contributed by atoms with E-state index in [4.69, 9.17) is 5.26 Å². The van der Waals surface area contributed by atoms with Gasteiger partial charge in [-0.05, 0) is 37.8 Å². The van der Waals surface area contributed by atoms with Gasteiger partial charge < -0.3 is 4.90 Å². The molecule has 1 aliphatic rings. The second-order valence-corrected chi connectivity index (χ2v) is 7.14. The molecule has 0 aliphatic carbocycles. The lowest BCUT2D eigenvalue weighted by atomic mass is 10.00. The molecule has 1 aromatic rings. The van der Waals surface area contributed by atoms with Gasteiger partial charge in [-0.25, -0.2) is 13.4 Å². The summed E-state index contributed by atoms with van der Waals surface area (Å²) in [5.41, 5.74) is 0.257. The van der Waals surface area contributed by atoms with Crippen LogP contribution in [0, 0.1) is 11.3 Å². The first-order chi connectivity index (χ1) is 9.47. The summed E-state index contributed by atoms with van der Waals surface area (Å²) in [6.45, 7) is 2.89. The van der Waals surface area contributed by atoms with E-state index in [9.17, 15) is 8.42 Å². The van der Waals surface area contributed by atoms with E-state index in [1.165, 1.54) is 18.4 Å². The van der Waals surface area contributed by atoms with Gasteiger partial charge in [0.15, 0.2) is 9.84 Å². The molecule has 1 aliphatic heterocycles. The van der Waals surface area contributed by atoms with Crippen LogP contribution in [0.3, 0.4) is 0 Å². The number of hydrogen-bond donors (Lipinski definition) is 0. The van der Waals surface area contributed by atoms with Crippen LogP contribution in [0.25, 0.3) is 0 Å². The van der Waals surface area contributed by atoms with Gasteiger partial charge in [0, 0.05) is 18.8 Å². The number of sulfone groups is 1. The summed E-state index contributed by atoms with van der Waals surface area (Å²) in [6, 6.07) is 5.24. The number of anilines is 1. The van der Waals surface area contributed by atoms with Crippen LogP contribution in [0.2, 0.25) is 0 Å². The Labute approximate surface area is 120 Å². The second-order valence-electron chi connectivity index (χ2n) is 5.15. The quantitative estimate of drug-likeness (QED) is 0.853. The molecule has 0 bridgehead atoms. The average molecular weight is 293 g/mol. The maximum atomic E-state index is 11.9. The fourth-order valence-electron chi connectivity index (χ4n) is 2.70. The van der Waals surface area contributed by atoms with Crippen LogP contribution in [-0.4, -0.2) is 32.2 Å². The summed E-state index contributed by atoms with van der Waals surface area (Å²) in [5, 5.41) is 9.00. The highest BCUT2D eigenvalue weighted by molar-refractivity contribution is 7.90. The van der Waals surface area contributed by atoms with Gasteiger partial charge in [-0.3, -0.25) is 0 Å². The van der Waals surface area contributed by atoms with Crippen LogP contribution in [-0.2, 0) is 9.84 Å². The summed E-state index contributed by atoms with van der Waals surface area (Å²) in [6.07, 6.45) is 5.35. The Hall–Kier alpha value is -1.61. The molecule has 108 valence electrons. The number of rotatable bonds is 3. The topological polar surface area (TPSA) is 74.1 Å². The number of pyridine rings is 1. The molecule has 1 saturated heterocycles. The Balaban J connectivity index is 2.55. The Morgan fingerprint density at radius 2 is 2.20 bits per heavy atom. The van der Waals surface area contributed by atoms with Crippen molar-refractivity contribution in [1.82, 2.24) is 4.98 Å². The SMILES string of the molecule is CC[C@H]1CCCCN1c1nc(C#N)ccc1S(C)(=O)=O. The maximum Gasteiger partial charge on any atom is 0.179 e. The third-order valence-electron chi connectivity index (χ3n) is 3.72. The minimum Gasteiger partial charge on any atom is -0.353 e. The zero-order valence-electron chi connectivity index (χ0n) is 11.8. The summed E-state index contributed by atoms with van der Waals surface area (Å²) in [7, 11) is -3.35. The van der Waals surface area contributed by atoms with Crippen LogP contribution < -0.4 is 4.90 Å². The highest BCUT2D eigenvalue weighted by Crippen LogP contribution is 2.30. The van der Waals surface area contributed by atoms with Gasteiger partial charge in [0.25, 0.3) is 0 Å². The van der Waals surface area contributed by atoms with Crippen LogP contribution in [0.4, 0.5) is 5.82 Å². The van der Waals surface area contributed by atoms with Crippen molar-refractivity contribution >= 4 is 15.7 Å². The normalized spacial score (nSPS) is 19.6. The zero-order valence-corrected chi connectivity index (χ0v) is 12.7. The molecule has 1 fully saturated rings. The first-order valence-electron chi connectivity index (χ1n) is 6.85. The molecule has 1 atom stereocenters. The summed E-state index contributed by atoms with van der Waals surface area (Å²) in [5.74, 6) is 0.443. The Morgan fingerprint density at radius 1 is 1.45 bits per heavy atom. The van der Waals surface area contributed by atoms with Gasteiger partial charge >= 0.3 is 0 Å². The van der Waals surface area contributed by atoms with Gasteiger partial charge in [0.05, 0.1) is 0 Å². The lowest BCUT2D eigenvalue weighted by Gasteiger charge is -2.37. The monoisotopic (exact) mass is 293 g/mol. The molecular weight excluding hydrogens is 274 g/mol. The molecule has 0 aromatic carbocycles. The maximum absolute atomic E-state index is 11.9. The molecule has 0 N–H and O–H groups in total. The molecule has 0 radical (unpaired) electrons. The average Bonchev–Trinajstić information content (AvgIpc) is 2.45. The minimum absolute atomic E-state index is 0.219. The van der Waals surface area contributed by atoms with Crippen molar-refractivity contribution in [3.63, 3.8) is 0 Å². The Bertz CT molecular complexity index is 634. The van der Waals surface area contributed by atoms with Crippen molar-refractivity contribution in [2.45, 2.75) is 43.5 Å². The fourth-order valence-corrected chi connectivity index (χ4v) is 3.51. The molecule has 2 rings (SSSR count). The summed E-state index contributed by atoms with van der Waals surface area (Å²) >= 11 is 0. The van der Waals surface area contributed by atoms with E-state index in [1.807, 2.05) is 6.07 Å². The summed E-state index contributed by atoms with van der Waals surface area (Å²) in [4.78, 5) is 6.54. The Kier molecular flexibility index (Phi) is 4.29. The van der Waals surface area contributed by atoms with Crippen LogP contribution >= 0.6 is 0 Å². The molecule has 0 spiro atoms. The van der Waals surface area contributed by atoms with Crippen molar-refractivity contribution in [2.75, 3.05) is 17.7 Å². The van der Waals surface area contributed by atoms with E-state index >= 15 is 0 Å². The molecule has 0 unspecified atom stereocenters. The molecule has 0 amide bonds. The van der Waals surface area contributed by atoms with Gasteiger partial charge in [-0.15, -0.1) is 0 Å². The highest BCUT2D eigenvalue weighted by Gasteiger charge is 2.27. The molecule has 2 heterocycles. The number of piperidine rings is 1. The van der Waals surface area contributed by atoms with Gasteiger partial charge in [0.1, 0.15) is 22.5 Å². The smallest absolute Gasteiger partial charge is 0.179 e. The molecule has 5 nitrogen and oxygen atoms in total. The first-order valence-corrected chi connectivity index (χ1v) is 8.74. The standard InChI is InChI=1S/C14H19N3O2S/c1-3-12-6-4-5-9-17(12)14-13(20(2,18)19)8-7-11(10-15)16-14/h7-8,12H,3-6,9H2,1-2H3/t12-/m0/s1. The molecular formula is C14H19N3O2S. The minimum atomic E-state index is -3.35. The third-order valence-corrected chi connectivity index (χ3v) is 4.84. The number of nitrogens with zero attached hydrogens (tertiary/aromatic N) is 3. The van der Waals surface area contributed by atoms with E-state index in [0.29, 0.717) is 11.9 Å². The zero-order chi connectivity index (χ0) is 14.8. The number of aromatic nitrogens is 1. The fraction of sp³-hybridized carbons (Fsp3) is 0.571. The van der Waals surface area contributed by atoms with E-state index in [0.717, 1.165) is 32.2 Å². The first kappa shape index (κ1) is 14.8. The van der Waals surface area contributed by atoms with Crippen LogP contribution in [0.1, 0.15) is 38.3 Å².